The van der Waals surface area contributed by atoms with Crippen LogP contribution in [0.25, 0.3) is 0 Å². The minimum Gasteiger partial charge on any atom is -0.289 e. The second-order valence-corrected chi connectivity index (χ2v) is 4.89. The fourth-order valence-electron chi connectivity index (χ4n) is 1.83. The molecular weight excluding hydrogens is 176 g/mol. The van der Waals surface area contributed by atoms with Crippen molar-refractivity contribution in [2.45, 2.75) is 46.3 Å². The molecule has 0 saturated heterocycles. The normalized spacial score (nSPS) is 18.3. The van der Waals surface area contributed by atoms with Gasteiger partial charge in [-0.3, -0.25) is 4.90 Å². The summed E-state index contributed by atoms with van der Waals surface area (Å²) in [5.41, 5.74) is 0.227. The predicted molar refractivity (Wildman–Crippen MR) is 54.9 cm³/mol. The highest BCUT2D eigenvalue weighted by molar-refractivity contribution is 4.96. The van der Waals surface area contributed by atoms with Crippen molar-refractivity contribution in [3.05, 3.63) is 11.6 Å². The van der Waals surface area contributed by atoms with Gasteiger partial charge in [0.05, 0.1) is 13.1 Å². The first-order valence-electron chi connectivity index (χ1n) is 5.12. The van der Waals surface area contributed by atoms with Gasteiger partial charge in [-0.05, 0) is 27.7 Å². The Kier molecular flexibility index (Phi) is 2.10. The minimum atomic E-state index is 0.227. The van der Waals surface area contributed by atoms with Gasteiger partial charge in [-0.25, -0.2) is 9.67 Å². The topological polar surface area (TPSA) is 34.0 Å². The van der Waals surface area contributed by atoms with E-state index in [1.807, 2.05) is 11.6 Å². The third-order valence-corrected chi connectivity index (χ3v) is 2.72. The monoisotopic (exact) mass is 194 g/mol. The fraction of sp³-hybridized carbons (Fsp3) is 0.800. The molecule has 2 rings (SSSR count). The summed E-state index contributed by atoms with van der Waals surface area (Å²) in [7, 11) is 0. The average Bonchev–Trinajstić information content (AvgIpc) is 2.41. The molecule has 0 atom stereocenters. The van der Waals surface area contributed by atoms with Gasteiger partial charge in [0.2, 0.25) is 0 Å². The summed E-state index contributed by atoms with van der Waals surface area (Å²) in [5, 5.41) is 4.35. The number of hydrogen-bond donors (Lipinski definition) is 0. The maximum Gasteiger partial charge on any atom is 0.147 e. The van der Waals surface area contributed by atoms with E-state index in [2.05, 4.69) is 35.8 Å². The van der Waals surface area contributed by atoms with E-state index in [4.69, 9.17) is 0 Å². The molecular formula is C10H18N4. The summed E-state index contributed by atoms with van der Waals surface area (Å²) in [6.07, 6.45) is 0. The van der Waals surface area contributed by atoms with Gasteiger partial charge in [0, 0.05) is 12.1 Å². The van der Waals surface area contributed by atoms with E-state index in [-0.39, 0.29) is 5.54 Å². The summed E-state index contributed by atoms with van der Waals surface area (Å²) >= 11 is 0. The van der Waals surface area contributed by atoms with Crippen LogP contribution in [0.5, 0.6) is 0 Å². The quantitative estimate of drug-likeness (QED) is 0.622. The van der Waals surface area contributed by atoms with Gasteiger partial charge < -0.3 is 0 Å². The second-order valence-electron chi connectivity index (χ2n) is 4.89. The Morgan fingerprint density at radius 2 is 1.93 bits per heavy atom. The number of nitrogens with zero attached hydrogens (tertiary/aromatic N) is 4. The van der Waals surface area contributed by atoms with Crippen molar-refractivity contribution in [2.24, 2.45) is 0 Å². The van der Waals surface area contributed by atoms with Gasteiger partial charge >= 0.3 is 0 Å². The molecule has 1 aliphatic rings. The molecule has 0 radical (unpaired) electrons. The molecule has 0 amide bonds. The fourth-order valence-corrected chi connectivity index (χ4v) is 1.83. The Hall–Kier alpha value is -0.900. The lowest BCUT2D eigenvalue weighted by molar-refractivity contribution is 0.0967. The molecule has 0 aliphatic carbocycles. The van der Waals surface area contributed by atoms with Crippen LogP contribution in [0.3, 0.4) is 0 Å². The van der Waals surface area contributed by atoms with Crippen LogP contribution in [-0.4, -0.2) is 31.7 Å². The lowest BCUT2D eigenvalue weighted by atomic mass is 10.1. The van der Waals surface area contributed by atoms with Crippen LogP contribution < -0.4 is 0 Å². The number of aromatic nitrogens is 3. The van der Waals surface area contributed by atoms with Crippen LogP contribution in [0.15, 0.2) is 0 Å². The smallest absolute Gasteiger partial charge is 0.147 e. The molecule has 0 unspecified atom stereocenters. The van der Waals surface area contributed by atoms with Gasteiger partial charge in [-0.15, -0.1) is 0 Å². The maximum absolute atomic E-state index is 4.43. The van der Waals surface area contributed by atoms with Crippen molar-refractivity contribution < 1.29 is 0 Å². The average molecular weight is 194 g/mol. The zero-order valence-corrected chi connectivity index (χ0v) is 9.41. The highest BCUT2D eigenvalue weighted by Gasteiger charge is 2.26. The molecule has 1 aliphatic heterocycles. The summed E-state index contributed by atoms with van der Waals surface area (Å²) in [6.45, 7) is 11.6. The van der Waals surface area contributed by atoms with Gasteiger partial charge in [-0.1, -0.05) is 0 Å². The minimum absolute atomic E-state index is 0.227. The molecule has 0 N–H and O–H groups in total. The van der Waals surface area contributed by atoms with Crippen LogP contribution in [-0.2, 0) is 13.1 Å². The van der Waals surface area contributed by atoms with Crippen molar-refractivity contribution in [2.75, 3.05) is 6.54 Å². The summed E-state index contributed by atoms with van der Waals surface area (Å²) in [6, 6.07) is 0. The van der Waals surface area contributed by atoms with E-state index >= 15 is 0 Å². The third-order valence-electron chi connectivity index (χ3n) is 2.72. The Bertz CT molecular complexity index is 334. The van der Waals surface area contributed by atoms with Crippen LogP contribution in [0, 0.1) is 6.92 Å². The predicted octanol–water partition coefficient (Wildman–Crippen LogP) is 1.20. The van der Waals surface area contributed by atoms with Crippen LogP contribution >= 0.6 is 0 Å². The zero-order chi connectivity index (χ0) is 10.3. The van der Waals surface area contributed by atoms with Crippen molar-refractivity contribution >= 4 is 0 Å². The van der Waals surface area contributed by atoms with E-state index in [1.54, 1.807) is 0 Å². The number of aryl methyl sites for hydroxylation is 1. The molecule has 4 heteroatoms. The van der Waals surface area contributed by atoms with Crippen molar-refractivity contribution in [1.29, 1.82) is 0 Å². The van der Waals surface area contributed by atoms with Gasteiger partial charge in [0.15, 0.2) is 0 Å². The molecule has 0 saturated carbocycles. The van der Waals surface area contributed by atoms with Gasteiger partial charge in [-0.2, -0.15) is 5.10 Å². The molecule has 0 bridgehead atoms. The second kappa shape index (κ2) is 3.05. The van der Waals surface area contributed by atoms with Crippen molar-refractivity contribution in [3.8, 4) is 0 Å². The van der Waals surface area contributed by atoms with E-state index in [0.717, 1.165) is 31.3 Å². The highest BCUT2D eigenvalue weighted by Crippen LogP contribution is 2.19. The first kappa shape index (κ1) is 9.65. The Morgan fingerprint density at radius 1 is 1.21 bits per heavy atom. The van der Waals surface area contributed by atoms with E-state index in [9.17, 15) is 0 Å². The zero-order valence-electron chi connectivity index (χ0n) is 9.41. The van der Waals surface area contributed by atoms with Crippen LogP contribution in [0.2, 0.25) is 0 Å². The Labute approximate surface area is 84.9 Å². The van der Waals surface area contributed by atoms with Gasteiger partial charge in [0.1, 0.15) is 11.6 Å². The standard InChI is InChI=1S/C10H18N4/c1-8-11-9-7-13(10(2,3)4)5-6-14(9)12-8/h5-7H2,1-4H3. The molecule has 1 aromatic rings. The summed E-state index contributed by atoms with van der Waals surface area (Å²) < 4.78 is 2.03. The largest absolute Gasteiger partial charge is 0.289 e. The number of fused-ring (bicyclic) bond motifs is 1. The van der Waals surface area contributed by atoms with E-state index < -0.39 is 0 Å². The third kappa shape index (κ3) is 1.66. The lowest BCUT2D eigenvalue weighted by Crippen LogP contribution is -2.46. The first-order chi connectivity index (χ1) is 6.47. The van der Waals surface area contributed by atoms with Crippen molar-refractivity contribution in [1.82, 2.24) is 19.7 Å². The summed E-state index contributed by atoms with van der Waals surface area (Å²) in [5.74, 6) is 1.99. The molecule has 2 heterocycles. The van der Waals surface area contributed by atoms with Gasteiger partial charge in [0.25, 0.3) is 0 Å². The first-order valence-corrected chi connectivity index (χ1v) is 5.12. The van der Waals surface area contributed by atoms with Crippen molar-refractivity contribution in [3.63, 3.8) is 0 Å². The molecule has 78 valence electrons. The van der Waals surface area contributed by atoms with E-state index in [1.165, 1.54) is 0 Å². The molecule has 0 fully saturated rings. The molecule has 14 heavy (non-hydrogen) atoms. The lowest BCUT2D eigenvalue weighted by Gasteiger charge is -2.37. The number of rotatable bonds is 0. The highest BCUT2D eigenvalue weighted by atomic mass is 15.4. The molecule has 1 aromatic heterocycles. The summed E-state index contributed by atoms with van der Waals surface area (Å²) in [4.78, 5) is 6.87. The Morgan fingerprint density at radius 3 is 2.57 bits per heavy atom. The molecule has 4 nitrogen and oxygen atoms in total. The van der Waals surface area contributed by atoms with E-state index in [0.29, 0.717) is 0 Å². The SMILES string of the molecule is Cc1nc2n(n1)CCN(C(C)(C)C)C2. The van der Waals surface area contributed by atoms with Crippen LogP contribution in [0.1, 0.15) is 32.4 Å². The number of hydrogen-bond acceptors (Lipinski definition) is 3. The van der Waals surface area contributed by atoms with Crippen LogP contribution in [0.4, 0.5) is 0 Å². The maximum atomic E-state index is 4.43. The molecule has 0 aromatic carbocycles. The Balaban J connectivity index is 2.21. The molecule has 0 spiro atoms.